The van der Waals surface area contributed by atoms with E-state index in [0.717, 1.165) is 25.7 Å². The highest BCUT2D eigenvalue weighted by atomic mass is 16.5. The molecule has 2 rings (SSSR count). The van der Waals surface area contributed by atoms with Gasteiger partial charge < -0.3 is 14.5 Å². The van der Waals surface area contributed by atoms with Gasteiger partial charge in [-0.25, -0.2) is 0 Å². The lowest BCUT2D eigenvalue weighted by Gasteiger charge is -2.28. The topological polar surface area (TPSA) is 49.9 Å². The van der Waals surface area contributed by atoms with Crippen molar-refractivity contribution in [2.24, 2.45) is 0 Å². The highest BCUT2D eigenvalue weighted by Crippen LogP contribution is 2.23. The highest BCUT2D eigenvalue weighted by molar-refractivity contribution is 5.89. The van der Waals surface area contributed by atoms with Crippen molar-refractivity contribution < 1.29 is 14.3 Å². The number of carbonyl (C=O) groups excluding carboxylic acids is 2. The van der Waals surface area contributed by atoms with Crippen LogP contribution in [0.2, 0.25) is 0 Å². The average molecular weight is 240 g/mol. The third kappa shape index (κ3) is 2.44. The first-order chi connectivity index (χ1) is 8.11. The Morgan fingerprint density at radius 2 is 2.00 bits per heavy atom. The van der Waals surface area contributed by atoms with Crippen LogP contribution in [0.5, 0.6) is 0 Å². The molecule has 0 aromatic rings. The molecular formula is C12H20N2O3. The van der Waals surface area contributed by atoms with Crippen LogP contribution in [-0.4, -0.2) is 61.0 Å². The van der Waals surface area contributed by atoms with E-state index in [-0.39, 0.29) is 24.0 Å². The van der Waals surface area contributed by atoms with Crippen molar-refractivity contribution in [3.8, 4) is 0 Å². The smallest absolute Gasteiger partial charge is 0.252 e. The lowest BCUT2D eigenvalue weighted by Crippen LogP contribution is -2.48. The molecule has 2 atom stereocenters. The fourth-order valence-corrected chi connectivity index (χ4v) is 2.54. The van der Waals surface area contributed by atoms with Crippen molar-refractivity contribution in [2.75, 3.05) is 27.2 Å². The molecule has 2 fully saturated rings. The fourth-order valence-electron chi connectivity index (χ4n) is 2.54. The van der Waals surface area contributed by atoms with E-state index < -0.39 is 0 Å². The molecule has 2 unspecified atom stereocenters. The normalized spacial score (nSPS) is 28.5. The second kappa shape index (κ2) is 5.04. The quantitative estimate of drug-likeness (QED) is 0.695. The molecule has 0 aliphatic carbocycles. The van der Waals surface area contributed by atoms with Crippen molar-refractivity contribution in [2.45, 2.75) is 37.8 Å². The summed E-state index contributed by atoms with van der Waals surface area (Å²) in [6.07, 6.45) is 3.10. The molecule has 0 aromatic carbocycles. The Hall–Kier alpha value is -1.10. The molecule has 17 heavy (non-hydrogen) atoms. The molecule has 96 valence electrons. The van der Waals surface area contributed by atoms with Gasteiger partial charge in [0, 0.05) is 27.2 Å². The van der Waals surface area contributed by atoms with Crippen LogP contribution < -0.4 is 0 Å². The molecule has 2 saturated heterocycles. The zero-order valence-corrected chi connectivity index (χ0v) is 10.5. The zero-order chi connectivity index (χ0) is 12.4. The number of hydrogen-bond acceptors (Lipinski definition) is 3. The Balaban J connectivity index is 2.03. The number of ether oxygens (including phenoxy) is 1. The summed E-state index contributed by atoms with van der Waals surface area (Å²) in [6, 6.07) is -0.276. The van der Waals surface area contributed by atoms with E-state index in [9.17, 15) is 9.59 Å². The number of likely N-dealkylation sites (N-methyl/N-ethyl adjacent to an activating group) is 1. The summed E-state index contributed by atoms with van der Waals surface area (Å²) in [5, 5.41) is 0. The van der Waals surface area contributed by atoms with Crippen molar-refractivity contribution >= 4 is 11.8 Å². The fraction of sp³-hybridized carbons (Fsp3) is 0.833. The van der Waals surface area contributed by atoms with Gasteiger partial charge in [-0.05, 0) is 25.7 Å². The average Bonchev–Trinajstić information content (AvgIpc) is 2.97. The maximum Gasteiger partial charge on any atom is 0.252 e. The molecule has 0 saturated carbocycles. The van der Waals surface area contributed by atoms with Gasteiger partial charge in [-0.1, -0.05) is 0 Å². The van der Waals surface area contributed by atoms with Crippen LogP contribution >= 0.6 is 0 Å². The van der Waals surface area contributed by atoms with Crippen molar-refractivity contribution in [3.05, 3.63) is 0 Å². The Bertz CT molecular complexity index is 311. The summed E-state index contributed by atoms with van der Waals surface area (Å²) in [7, 11) is 3.46. The summed E-state index contributed by atoms with van der Waals surface area (Å²) in [5.74, 6) is 0.0223. The third-order valence-corrected chi connectivity index (χ3v) is 3.47. The van der Waals surface area contributed by atoms with Gasteiger partial charge >= 0.3 is 0 Å². The minimum atomic E-state index is -0.314. The van der Waals surface area contributed by atoms with Gasteiger partial charge in [0.2, 0.25) is 5.91 Å². The first-order valence-corrected chi connectivity index (χ1v) is 6.24. The molecule has 5 heteroatoms. The SMILES string of the molecule is CN(C)C(=O)C1CCCN1C(=O)C1CCCO1. The van der Waals surface area contributed by atoms with Crippen LogP contribution in [0.3, 0.4) is 0 Å². The molecule has 0 bridgehead atoms. The summed E-state index contributed by atoms with van der Waals surface area (Å²) >= 11 is 0. The molecule has 2 aliphatic rings. The number of hydrogen-bond donors (Lipinski definition) is 0. The van der Waals surface area contributed by atoms with Gasteiger partial charge in [0.05, 0.1) is 0 Å². The van der Waals surface area contributed by atoms with E-state index in [1.165, 1.54) is 0 Å². The minimum Gasteiger partial charge on any atom is -0.368 e. The van der Waals surface area contributed by atoms with Crippen LogP contribution in [0.4, 0.5) is 0 Å². The largest absolute Gasteiger partial charge is 0.368 e. The maximum atomic E-state index is 12.2. The molecule has 0 N–H and O–H groups in total. The molecule has 2 heterocycles. The number of rotatable bonds is 2. The first kappa shape index (κ1) is 12.4. The first-order valence-electron chi connectivity index (χ1n) is 6.24. The van der Waals surface area contributed by atoms with Crippen molar-refractivity contribution in [1.29, 1.82) is 0 Å². The maximum absolute atomic E-state index is 12.2. The predicted octanol–water partition coefficient (Wildman–Crippen LogP) is 0.245. The lowest BCUT2D eigenvalue weighted by atomic mass is 10.1. The summed E-state index contributed by atoms with van der Waals surface area (Å²) in [4.78, 5) is 27.4. The third-order valence-electron chi connectivity index (χ3n) is 3.47. The monoisotopic (exact) mass is 240 g/mol. The lowest BCUT2D eigenvalue weighted by molar-refractivity contribution is -0.148. The van der Waals surface area contributed by atoms with E-state index in [4.69, 9.17) is 4.74 Å². The van der Waals surface area contributed by atoms with Gasteiger partial charge in [0.25, 0.3) is 5.91 Å². The van der Waals surface area contributed by atoms with Gasteiger partial charge in [0.15, 0.2) is 0 Å². The summed E-state index contributed by atoms with van der Waals surface area (Å²) < 4.78 is 5.40. The van der Waals surface area contributed by atoms with E-state index in [0.29, 0.717) is 13.2 Å². The second-order valence-corrected chi connectivity index (χ2v) is 4.92. The van der Waals surface area contributed by atoms with Crippen LogP contribution in [0.15, 0.2) is 0 Å². The standard InChI is InChI=1S/C12H20N2O3/c1-13(2)11(15)9-5-3-7-14(9)12(16)10-6-4-8-17-10/h9-10H,3-8H2,1-2H3. The van der Waals surface area contributed by atoms with Gasteiger partial charge in [-0.15, -0.1) is 0 Å². The van der Waals surface area contributed by atoms with E-state index in [1.54, 1.807) is 23.9 Å². The van der Waals surface area contributed by atoms with Crippen molar-refractivity contribution in [1.82, 2.24) is 9.80 Å². The van der Waals surface area contributed by atoms with Crippen LogP contribution in [0.25, 0.3) is 0 Å². The number of nitrogens with zero attached hydrogens (tertiary/aromatic N) is 2. The minimum absolute atomic E-state index is 0.000185. The summed E-state index contributed by atoms with van der Waals surface area (Å²) in [5.41, 5.74) is 0. The van der Waals surface area contributed by atoms with Gasteiger partial charge in [-0.2, -0.15) is 0 Å². The number of carbonyl (C=O) groups is 2. The number of likely N-dealkylation sites (tertiary alicyclic amines) is 1. The van der Waals surface area contributed by atoms with Crippen molar-refractivity contribution in [3.63, 3.8) is 0 Å². The molecule has 0 aromatic heterocycles. The molecule has 2 amide bonds. The van der Waals surface area contributed by atoms with E-state index in [2.05, 4.69) is 0 Å². The van der Waals surface area contributed by atoms with Crippen LogP contribution in [-0.2, 0) is 14.3 Å². The van der Waals surface area contributed by atoms with Gasteiger partial charge in [0.1, 0.15) is 12.1 Å². The van der Waals surface area contributed by atoms with Crippen LogP contribution in [0.1, 0.15) is 25.7 Å². The van der Waals surface area contributed by atoms with E-state index >= 15 is 0 Å². The zero-order valence-electron chi connectivity index (χ0n) is 10.5. The predicted molar refractivity (Wildman–Crippen MR) is 62.4 cm³/mol. The molecular weight excluding hydrogens is 220 g/mol. The number of amides is 2. The molecule has 2 aliphatic heterocycles. The molecule has 0 spiro atoms. The van der Waals surface area contributed by atoms with Crippen LogP contribution in [0, 0.1) is 0 Å². The summed E-state index contributed by atoms with van der Waals surface area (Å²) in [6.45, 7) is 1.35. The van der Waals surface area contributed by atoms with E-state index in [1.807, 2.05) is 0 Å². The molecule has 5 nitrogen and oxygen atoms in total. The Morgan fingerprint density at radius 1 is 1.24 bits per heavy atom. The van der Waals surface area contributed by atoms with Gasteiger partial charge in [-0.3, -0.25) is 9.59 Å². The Morgan fingerprint density at radius 3 is 2.59 bits per heavy atom. The Kier molecular flexibility index (Phi) is 3.66. The second-order valence-electron chi connectivity index (χ2n) is 4.92. The Labute approximate surface area is 102 Å². The molecule has 0 radical (unpaired) electrons. The highest BCUT2D eigenvalue weighted by Gasteiger charge is 2.38.